The summed E-state index contributed by atoms with van der Waals surface area (Å²) < 4.78 is 6.74. The minimum atomic E-state index is -0.379. The van der Waals surface area contributed by atoms with E-state index in [2.05, 4.69) is 10.4 Å². The molecule has 0 fully saturated rings. The molecule has 0 atom stereocenters. The SMILES string of the molecule is COc1cccc(/C=N\n2c(N)c(C(=O)Nc3ccc(C)c(C)c3)c3nc4ccccc4nc32)c1. The highest BCUT2D eigenvalue weighted by Crippen LogP contribution is 2.29. The Morgan fingerprint density at radius 2 is 1.77 bits per heavy atom. The van der Waals surface area contributed by atoms with Crippen molar-refractivity contribution >= 4 is 45.8 Å². The number of nitrogens with two attached hydrogens (primary N) is 1. The highest BCUT2D eigenvalue weighted by Gasteiger charge is 2.24. The molecule has 8 heteroatoms. The van der Waals surface area contributed by atoms with Crippen LogP contribution in [0.25, 0.3) is 22.2 Å². The molecule has 35 heavy (non-hydrogen) atoms. The fourth-order valence-electron chi connectivity index (χ4n) is 3.85. The Bertz CT molecular complexity index is 1620. The second-order valence-corrected chi connectivity index (χ2v) is 8.23. The number of benzene rings is 3. The lowest BCUT2D eigenvalue weighted by Crippen LogP contribution is -2.14. The Hall–Kier alpha value is -4.72. The highest BCUT2D eigenvalue weighted by atomic mass is 16.5. The number of aromatic nitrogens is 3. The maximum Gasteiger partial charge on any atom is 0.261 e. The van der Waals surface area contributed by atoms with Crippen molar-refractivity contribution in [2.75, 3.05) is 18.2 Å². The molecule has 0 spiro atoms. The summed E-state index contributed by atoms with van der Waals surface area (Å²) in [4.78, 5) is 22.9. The van der Waals surface area contributed by atoms with E-state index in [1.807, 2.05) is 80.6 Å². The average molecular weight is 465 g/mol. The third-order valence-corrected chi connectivity index (χ3v) is 5.88. The number of nitrogens with zero attached hydrogens (tertiary/aromatic N) is 4. The number of ether oxygens (including phenoxy) is 1. The first kappa shape index (κ1) is 22.1. The van der Waals surface area contributed by atoms with Crippen LogP contribution in [0.15, 0.2) is 71.8 Å². The van der Waals surface area contributed by atoms with Gasteiger partial charge in [0.25, 0.3) is 5.91 Å². The van der Waals surface area contributed by atoms with Gasteiger partial charge in [-0.25, -0.2) is 9.97 Å². The zero-order valence-corrected chi connectivity index (χ0v) is 19.6. The number of hydrogen-bond donors (Lipinski definition) is 2. The Kier molecular flexibility index (Phi) is 5.62. The smallest absolute Gasteiger partial charge is 0.261 e. The van der Waals surface area contributed by atoms with Gasteiger partial charge in [-0.05, 0) is 66.9 Å². The van der Waals surface area contributed by atoms with Gasteiger partial charge < -0.3 is 15.8 Å². The maximum absolute atomic E-state index is 13.4. The number of carbonyl (C=O) groups is 1. The number of nitrogens with one attached hydrogen (secondary N) is 1. The summed E-state index contributed by atoms with van der Waals surface area (Å²) >= 11 is 0. The summed E-state index contributed by atoms with van der Waals surface area (Å²) in [6.07, 6.45) is 1.64. The number of aryl methyl sites for hydroxylation is 2. The molecule has 0 aliphatic heterocycles. The molecule has 0 saturated heterocycles. The molecular weight excluding hydrogens is 440 g/mol. The van der Waals surface area contributed by atoms with Crippen molar-refractivity contribution < 1.29 is 9.53 Å². The van der Waals surface area contributed by atoms with Gasteiger partial charge in [0.2, 0.25) is 0 Å². The number of para-hydroxylation sites is 2. The molecule has 5 rings (SSSR count). The van der Waals surface area contributed by atoms with Gasteiger partial charge in [-0.15, -0.1) is 0 Å². The Balaban J connectivity index is 1.64. The van der Waals surface area contributed by atoms with E-state index < -0.39 is 0 Å². The second-order valence-electron chi connectivity index (χ2n) is 8.23. The first-order valence-corrected chi connectivity index (χ1v) is 11.1. The van der Waals surface area contributed by atoms with Crippen molar-refractivity contribution in [3.05, 3.63) is 89.0 Å². The van der Waals surface area contributed by atoms with Gasteiger partial charge in [-0.3, -0.25) is 4.79 Å². The van der Waals surface area contributed by atoms with Gasteiger partial charge in [0.15, 0.2) is 5.65 Å². The van der Waals surface area contributed by atoms with Gasteiger partial charge >= 0.3 is 0 Å². The lowest BCUT2D eigenvalue weighted by atomic mass is 10.1. The fourth-order valence-corrected chi connectivity index (χ4v) is 3.85. The topological polar surface area (TPSA) is 107 Å². The van der Waals surface area contributed by atoms with Gasteiger partial charge in [0.05, 0.1) is 24.4 Å². The molecule has 2 heterocycles. The molecule has 0 aliphatic rings. The number of nitrogen functional groups attached to an aromatic ring is 1. The monoisotopic (exact) mass is 464 g/mol. The van der Waals surface area contributed by atoms with E-state index >= 15 is 0 Å². The van der Waals surface area contributed by atoms with E-state index in [-0.39, 0.29) is 17.3 Å². The average Bonchev–Trinajstić information content (AvgIpc) is 3.13. The molecule has 0 unspecified atom stereocenters. The van der Waals surface area contributed by atoms with Crippen LogP contribution in [-0.2, 0) is 0 Å². The first-order chi connectivity index (χ1) is 16.9. The van der Waals surface area contributed by atoms with Gasteiger partial charge in [0, 0.05) is 5.69 Å². The summed E-state index contributed by atoms with van der Waals surface area (Å²) in [5.41, 5.74) is 12.5. The lowest BCUT2D eigenvalue weighted by Gasteiger charge is -2.08. The molecule has 0 saturated carbocycles. The van der Waals surface area contributed by atoms with E-state index in [4.69, 9.17) is 20.4 Å². The Morgan fingerprint density at radius 3 is 2.51 bits per heavy atom. The van der Waals surface area contributed by atoms with Crippen molar-refractivity contribution in [3.8, 4) is 5.75 Å². The number of anilines is 2. The number of rotatable bonds is 5. The van der Waals surface area contributed by atoms with Crippen molar-refractivity contribution in [1.29, 1.82) is 0 Å². The largest absolute Gasteiger partial charge is 0.497 e. The predicted molar refractivity (Wildman–Crippen MR) is 139 cm³/mol. The number of amides is 1. The van der Waals surface area contributed by atoms with E-state index in [0.717, 1.165) is 16.7 Å². The molecule has 1 amide bonds. The van der Waals surface area contributed by atoms with Crippen LogP contribution in [0.4, 0.5) is 11.5 Å². The molecule has 2 aromatic heterocycles. The number of fused-ring (bicyclic) bond motifs is 2. The van der Waals surface area contributed by atoms with Crippen LogP contribution in [0.5, 0.6) is 5.75 Å². The Morgan fingerprint density at radius 1 is 1.00 bits per heavy atom. The number of methoxy groups -OCH3 is 1. The summed E-state index contributed by atoms with van der Waals surface area (Å²) in [6, 6.07) is 20.7. The molecule has 3 N–H and O–H groups in total. The van der Waals surface area contributed by atoms with Crippen molar-refractivity contribution in [1.82, 2.24) is 14.6 Å². The lowest BCUT2D eigenvalue weighted by molar-refractivity contribution is 0.102. The number of hydrogen-bond acceptors (Lipinski definition) is 6. The van der Waals surface area contributed by atoms with E-state index in [1.54, 1.807) is 13.3 Å². The summed E-state index contributed by atoms with van der Waals surface area (Å²) in [7, 11) is 1.61. The molecule has 0 aliphatic carbocycles. The van der Waals surface area contributed by atoms with Crippen molar-refractivity contribution in [2.24, 2.45) is 5.10 Å². The minimum absolute atomic E-state index is 0.149. The van der Waals surface area contributed by atoms with Crippen molar-refractivity contribution in [2.45, 2.75) is 13.8 Å². The van der Waals surface area contributed by atoms with Gasteiger partial charge in [0.1, 0.15) is 22.6 Å². The molecule has 0 radical (unpaired) electrons. The summed E-state index contributed by atoms with van der Waals surface area (Å²) in [5, 5.41) is 7.49. The van der Waals surface area contributed by atoms with Crippen LogP contribution in [0.3, 0.4) is 0 Å². The molecule has 8 nitrogen and oxygen atoms in total. The van der Waals surface area contributed by atoms with Gasteiger partial charge in [-0.1, -0.05) is 30.3 Å². The molecular formula is C27H24N6O2. The fraction of sp³-hybridized carbons (Fsp3) is 0.111. The van der Waals surface area contributed by atoms with E-state index in [9.17, 15) is 4.79 Å². The standard InChI is InChI=1S/C27H24N6O2/c1-16-11-12-19(13-17(16)2)30-27(34)23-24-26(32-22-10-5-4-9-21(22)31-24)33(25(23)28)29-15-18-7-6-8-20(14-18)35-3/h4-15H,28H2,1-3H3,(H,30,34)/b29-15-. The van der Waals surface area contributed by atoms with Crippen LogP contribution in [0.1, 0.15) is 27.0 Å². The summed E-state index contributed by atoms with van der Waals surface area (Å²) in [5.74, 6) is 0.477. The zero-order valence-electron chi connectivity index (χ0n) is 19.6. The molecule has 5 aromatic rings. The maximum atomic E-state index is 13.4. The van der Waals surface area contributed by atoms with Crippen LogP contribution in [0.2, 0.25) is 0 Å². The zero-order chi connectivity index (χ0) is 24.5. The first-order valence-electron chi connectivity index (χ1n) is 11.1. The number of carbonyl (C=O) groups excluding carboxylic acids is 1. The molecule has 0 bridgehead atoms. The third kappa shape index (κ3) is 4.17. The highest BCUT2D eigenvalue weighted by molar-refractivity contribution is 6.16. The molecule has 174 valence electrons. The van der Waals surface area contributed by atoms with Crippen LogP contribution >= 0.6 is 0 Å². The minimum Gasteiger partial charge on any atom is -0.497 e. The van der Waals surface area contributed by atoms with E-state index in [1.165, 1.54) is 4.68 Å². The van der Waals surface area contributed by atoms with Crippen LogP contribution in [0, 0.1) is 13.8 Å². The van der Waals surface area contributed by atoms with Crippen molar-refractivity contribution in [3.63, 3.8) is 0 Å². The van der Waals surface area contributed by atoms with E-state index in [0.29, 0.717) is 33.6 Å². The van der Waals surface area contributed by atoms with Gasteiger partial charge in [-0.2, -0.15) is 9.78 Å². The Labute approximate surface area is 202 Å². The quantitative estimate of drug-likeness (QED) is 0.359. The van der Waals surface area contributed by atoms with Crippen LogP contribution < -0.4 is 15.8 Å². The van der Waals surface area contributed by atoms with Crippen LogP contribution in [-0.4, -0.2) is 33.9 Å². The second kappa shape index (κ2) is 8.90. The molecule has 3 aromatic carbocycles. The normalized spacial score (nSPS) is 11.4. The predicted octanol–water partition coefficient (Wildman–Crippen LogP) is 4.93. The summed E-state index contributed by atoms with van der Waals surface area (Å²) in [6.45, 7) is 4.02. The third-order valence-electron chi connectivity index (χ3n) is 5.88.